The van der Waals surface area contributed by atoms with Crippen LogP contribution < -0.4 is 5.32 Å². The van der Waals surface area contributed by atoms with E-state index in [2.05, 4.69) is 12.2 Å². The Morgan fingerprint density at radius 2 is 1.76 bits per heavy atom. The predicted molar refractivity (Wildman–Crippen MR) is 66.2 cm³/mol. The normalized spacial score (nSPS) is 26.8. The molecule has 1 unspecified atom stereocenters. The Balaban J connectivity index is 1.88. The van der Waals surface area contributed by atoms with Crippen molar-refractivity contribution < 1.29 is 9.50 Å². The van der Waals surface area contributed by atoms with Crippen LogP contribution in [-0.2, 0) is 0 Å². The van der Waals surface area contributed by atoms with Crippen molar-refractivity contribution in [2.45, 2.75) is 50.8 Å². The van der Waals surface area contributed by atoms with Gasteiger partial charge in [-0.15, -0.1) is 0 Å². The number of nitrogens with one attached hydrogen (secondary N) is 1. The fourth-order valence-corrected chi connectivity index (χ4v) is 2.44. The van der Waals surface area contributed by atoms with Gasteiger partial charge in [-0.3, -0.25) is 0 Å². The van der Waals surface area contributed by atoms with Gasteiger partial charge in [-0.25, -0.2) is 4.39 Å². The van der Waals surface area contributed by atoms with Crippen LogP contribution in [0.2, 0.25) is 0 Å². The molecular weight excluding hydrogens is 217 g/mol. The number of hydrogen-bond acceptors (Lipinski definition) is 2. The molecule has 94 valence electrons. The van der Waals surface area contributed by atoms with Gasteiger partial charge in [0.2, 0.25) is 0 Å². The maximum Gasteiger partial charge on any atom is 0.123 e. The topological polar surface area (TPSA) is 32.3 Å². The van der Waals surface area contributed by atoms with E-state index in [1.165, 1.54) is 12.1 Å². The molecule has 1 aromatic rings. The van der Waals surface area contributed by atoms with Crippen LogP contribution in [0.15, 0.2) is 24.3 Å². The van der Waals surface area contributed by atoms with Gasteiger partial charge >= 0.3 is 0 Å². The highest BCUT2D eigenvalue weighted by Crippen LogP contribution is 2.22. The first-order chi connectivity index (χ1) is 8.15. The van der Waals surface area contributed by atoms with Crippen molar-refractivity contribution in [2.75, 3.05) is 0 Å². The van der Waals surface area contributed by atoms with E-state index in [4.69, 9.17) is 0 Å². The molecule has 0 radical (unpaired) electrons. The van der Waals surface area contributed by atoms with Crippen LogP contribution in [0, 0.1) is 5.82 Å². The van der Waals surface area contributed by atoms with Crippen LogP contribution in [0.4, 0.5) is 4.39 Å². The quantitative estimate of drug-likeness (QED) is 0.847. The molecule has 0 aromatic heterocycles. The Morgan fingerprint density at radius 3 is 2.35 bits per heavy atom. The highest BCUT2D eigenvalue weighted by molar-refractivity contribution is 5.19. The van der Waals surface area contributed by atoms with Crippen LogP contribution in [0.5, 0.6) is 0 Å². The van der Waals surface area contributed by atoms with E-state index in [1.54, 1.807) is 0 Å². The molecule has 17 heavy (non-hydrogen) atoms. The van der Waals surface area contributed by atoms with E-state index >= 15 is 0 Å². The fourth-order valence-electron chi connectivity index (χ4n) is 2.44. The smallest absolute Gasteiger partial charge is 0.123 e. The van der Waals surface area contributed by atoms with Crippen molar-refractivity contribution in [3.8, 4) is 0 Å². The number of aliphatic hydroxyl groups is 1. The van der Waals surface area contributed by atoms with Gasteiger partial charge in [0.05, 0.1) is 6.10 Å². The van der Waals surface area contributed by atoms with Crippen molar-refractivity contribution in [1.29, 1.82) is 0 Å². The van der Waals surface area contributed by atoms with E-state index in [0.717, 1.165) is 31.2 Å². The summed E-state index contributed by atoms with van der Waals surface area (Å²) in [6.07, 6.45) is 3.69. The van der Waals surface area contributed by atoms with Gasteiger partial charge in [-0.2, -0.15) is 0 Å². The Labute approximate surface area is 102 Å². The lowest BCUT2D eigenvalue weighted by Gasteiger charge is -2.29. The maximum atomic E-state index is 12.8. The van der Waals surface area contributed by atoms with E-state index in [0.29, 0.717) is 6.04 Å². The molecule has 1 atom stereocenters. The first-order valence-electron chi connectivity index (χ1n) is 6.34. The average molecular weight is 237 g/mol. The fraction of sp³-hybridized carbons (Fsp3) is 0.571. The SMILES string of the molecule is CC(NC1CCC(O)CC1)c1ccc(F)cc1. The first-order valence-corrected chi connectivity index (χ1v) is 6.34. The molecule has 2 N–H and O–H groups in total. The molecule has 1 fully saturated rings. The van der Waals surface area contributed by atoms with Gasteiger partial charge in [0.1, 0.15) is 5.82 Å². The van der Waals surface area contributed by atoms with Crippen LogP contribution in [0.25, 0.3) is 0 Å². The summed E-state index contributed by atoms with van der Waals surface area (Å²) in [7, 11) is 0. The number of halogens is 1. The highest BCUT2D eigenvalue weighted by atomic mass is 19.1. The molecule has 0 heterocycles. The largest absolute Gasteiger partial charge is 0.393 e. The lowest BCUT2D eigenvalue weighted by molar-refractivity contribution is 0.114. The van der Waals surface area contributed by atoms with Crippen molar-refractivity contribution in [2.24, 2.45) is 0 Å². The summed E-state index contributed by atoms with van der Waals surface area (Å²) in [6, 6.07) is 7.35. The van der Waals surface area contributed by atoms with E-state index in [9.17, 15) is 9.50 Å². The number of benzene rings is 1. The maximum absolute atomic E-state index is 12.8. The van der Waals surface area contributed by atoms with E-state index in [1.807, 2.05) is 12.1 Å². The molecule has 0 bridgehead atoms. The van der Waals surface area contributed by atoms with Crippen molar-refractivity contribution in [3.63, 3.8) is 0 Å². The molecule has 0 aliphatic heterocycles. The van der Waals surface area contributed by atoms with Gasteiger partial charge in [0.25, 0.3) is 0 Å². The van der Waals surface area contributed by atoms with Gasteiger partial charge in [0.15, 0.2) is 0 Å². The molecule has 3 heteroatoms. The second-order valence-electron chi connectivity index (χ2n) is 4.95. The van der Waals surface area contributed by atoms with Gasteiger partial charge in [-0.1, -0.05) is 12.1 Å². The van der Waals surface area contributed by atoms with Crippen LogP contribution in [0.3, 0.4) is 0 Å². The molecule has 2 rings (SSSR count). The van der Waals surface area contributed by atoms with Crippen LogP contribution in [-0.4, -0.2) is 17.3 Å². The third-order valence-corrected chi connectivity index (χ3v) is 3.55. The standard InChI is InChI=1S/C14H20FNO/c1-10(11-2-4-12(15)5-3-11)16-13-6-8-14(17)9-7-13/h2-5,10,13-14,16-17H,6-9H2,1H3. The zero-order chi connectivity index (χ0) is 12.3. The lowest BCUT2D eigenvalue weighted by atomic mass is 9.92. The highest BCUT2D eigenvalue weighted by Gasteiger charge is 2.20. The molecule has 1 aliphatic rings. The molecule has 1 saturated carbocycles. The summed E-state index contributed by atoms with van der Waals surface area (Å²) in [5.74, 6) is -0.193. The van der Waals surface area contributed by atoms with Gasteiger partial charge in [0, 0.05) is 12.1 Å². The van der Waals surface area contributed by atoms with E-state index < -0.39 is 0 Å². The molecule has 0 saturated heterocycles. The first kappa shape index (κ1) is 12.5. The summed E-state index contributed by atoms with van der Waals surface area (Å²) in [5.41, 5.74) is 1.11. The summed E-state index contributed by atoms with van der Waals surface area (Å²) in [5, 5.41) is 13.0. The van der Waals surface area contributed by atoms with Crippen molar-refractivity contribution >= 4 is 0 Å². The third kappa shape index (κ3) is 3.51. The molecule has 1 aliphatic carbocycles. The third-order valence-electron chi connectivity index (χ3n) is 3.55. The number of aliphatic hydroxyl groups excluding tert-OH is 1. The zero-order valence-electron chi connectivity index (χ0n) is 10.2. The zero-order valence-corrected chi connectivity index (χ0v) is 10.2. The molecule has 0 amide bonds. The van der Waals surface area contributed by atoms with Crippen molar-refractivity contribution in [3.05, 3.63) is 35.6 Å². The average Bonchev–Trinajstić information content (AvgIpc) is 2.33. The Morgan fingerprint density at radius 1 is 1.18 bits per heavy atom. The Bertz CT molecular complexity index is 344. The summed E-state index contributed by atoms with van der Waals surface area (Å²) >= 11 is 0. The monoisotopic (exact) mass is 237 g/mol. The van der Waals surface area contributed by atoms with Crippen LogP contribution >= 0.6 is 0 Å². The molecular formula is C14H20FNO. The summed E-state index contributed by atoms with van der Waals surface area (Å²) < 4.78 is 12.8. The summed E-state index contributed by atoms with van der Waals surface area (Å²) in [6.45, 7) is 2.10. The van der Waals surface area contributed by atoms with Gasteiger partial charge in [-0.05, 0) is 50.3 Å². The summed E-state index contributed by atoms with van der Waals surface area (Å²) in [4.78, 5) is 0. The predicted octanol–water partition coefficient (Wildman–Crippen LogP) is 2.78. The minimum atomic E-state index is -0.193. The second-order valence-corrected chi connectivity index (χ2v) is 4.95. The number of hydrogen-bond donors (Lipinski definition) is 2. The molecule has 0 spiro atoms. The minimum Gasteiger partial charge on any atom is -0.393 e. The molecule has 1 aromatic carbocycles. The lowest BCUT2D eigenvalue weighted by Crippen LogP contribution is -2.36. The van der Waals surface area contributed by atoms with Gasteiger partial charge < -0.3 is 10.4 Å². The van der Waals surface area contributed by atoms with Crippen LogP contribution in [0.1, 0.15) is 44.2 Å². The second kappa shape index (κ2) is 5.61. The Kier molecular flexibility index (Phi) is 4.13. The van der Waals surface area contributed by atoms with E-state index in [-0.39, 0.29) is 18.0 Å². The number of rotatable bonds is 3. The molecule has 2 nitrogen and oxygen atoms in total. The van der Waals surface area contributed by atoms with Crippen molar-refractivity contribution in [1.82, 2.24) is 5.32 Å². The Hall–Kier alpha value is -0.930. The minimum absolute atomic E-state index is 0.117.